The molecule has 0 bridgehead atoms. The molecule has 108 valence electrons. The molecule has 0 aliphatic carbocycles. The van der Waals surface area contributed by atoms with E-state index in [9.17, 15) is 14.4 Å². The Morgan fingerprint density at radius 3 is 2.35 bits per heavy atom. The lowest BCUT2D eigenvalue weighted by atomic mass is 10.1. The van der Waals surface area contributed by atoms with Crippen LogP contribution >= 0.6 is 15.9 Å². The van der Waals surface area contributed by atoms with Crippen molar-refractivity contribution >= 4 is 39.5 Å². The van der Waals surface area contributed by atoms with Crippen molar-refractivity contribution < 1.29 is 19.5 Å². The number of aliphatic carboxylic acids is 1. The van der Waals surface area contributed by atoms with Crippen molar-refractivity contribution in [2.24, 2.45) is 5.73 Å². The number of anilines is 1. The van der Waals surface area contributed by atoms with E-state index in [-0.39, 0.29) is 12.8 Å². The van der Waals surface area contributed by atoms with Gasteiger partial charge < -0.3 is 21.5 Å². The molecule has 20 heavy (non-hydrogen) atoms. The van der Waals surface area contributed by atoms with Crippen molar-refractivity contribution in [2.45, 2.75) is 18.9 Å². The molecule has 7 nitrogen and oxygen atoms in total. The highest BCUT2D eigenvalue weighted by Gasteiger charge is 2.20. The number of hydrogen-bond acceptors (Lipinski definition) is 3. The third-order valence-electron chi connectivity index (χ3n) is 2.38. The van der Waals surface area contributed by atoms with Gasteiger partial charge in [0, 0.05) is 16.6 Å². The van der Waals surface area contributed by atoms with Crippen LogP contribution in [0, 0.1) is 0 Å². The summed E-state index contributed by atoms with van der Waals surface area (Å²) < 4.78 is 0.855. The predicted molar refractivity (Wildman–Crippen MR) is 76.1 cm³/mol. The van der Waals surface area contributed by atoms with Gasteiger partial charge >= 0.3 is 12.0 Å². The highest BCUT2D eigenvalue weighted by atomic mass is 79.9. The fourth-order valence-corrected chi connectivity index (χ4v) is 1.67. The topological polar surface area (TPSA) is 122 Å². The van der Waals surface area contributed by atoms with Gasteiger partial charge in [-0.05, 0) is 30.7 Å². The van der Waals surface area contributed by atoms with Crippen LogP contribution in [0.1, 0.15) is 12.8 Å². The Labute approximate surface area is 123 Å². The van der Waals surface area contributed by atoms with Crippen molar-refractivity contribution in [3.05, 3.63) is 28.7 Å². The average Bonchev–Trinajstić information content (AvgIpc) is 2.36. The van der Waals surface area contributed by atoms with E-state index in [4.69, 9.17) is 10.8 Å². The minimum atomic E-state index is -1.22. The molecule has 8 heteroatoms. The molecule has 5 N–H and O–H groups in total. The maximum Gasteiger partial charge on any atom is 0.326 e. The highest BCUT2D eigenvalue weighted by molar-refractivity contribution is 9.10. The second-order valence-electron chi connectivity index (χ2n) is 4.00. The summed E-state index contributed by atoms with van der Waals surface area (Å²) in [4.78, 5) is 33.2. The van der Waals surface area contributed by atoms with E-state index in [2.05, 4.69) is 26.6 Å². The Morgan fingerprint density at radius 2 is 1.85 bits per heavy atom. The van der Waals surface area contributed by atoms with Crippen LogP contribution in [0.15, 0.2) is 28.7 Å². The summed E-state index contributed by atoms with van der Waals surface area (Å²) >= 11 is 3.26. The lowest BCUT2D eigenvalue weighted by molar-refractivity contribution is -0.139. The van der Waals surface area contributed by atoms with Crippen molar-refractivity contribution in [1.29, 1.82) is 0 Å². The van der Waals surface area contributed by atoms with Crippen LogP contribution in [0.2, 0.25) is 0 Å². The molecular formula is C12H14BrN3O4. The molecule has 0 radical (unpaired) electrons. The van der Waals surface area contributed by atoms with Crippen molar-refractivity contribution in [1.82, 2.24) is 5.32 Å². The molecule has 0 spiro atoms. The molecule has 3 amide bonds. The number of halogens is 1. The van der Waals surface area contributed by atoms with Gasteiger partial charge in [-0.3, -0.25) is 4.79 Å². The predicted octanol–water partition coefficient (Wildman–Crippen LogP) is 1.29. The number of rotatable bonds is 6. The minimum absolute atomic E-state index is 0.0571. The largest absolute Gasteiger partial charge is 0.480 e. The zero-order valence-electron chi connectivity index (χ0n) is 10.4. The molecule has 0 unspecified atom stereocenters. The van der Waals surface area contributed by atoms with Gasteiger partial charge in [0.2, 0.25) is 5.91 Å². The molecular weight excluding hydrogens is 330 g/mol. The van der Waals surface area contributed by atoms with Gasteiger partial charge in [0.05, 0.1) is 0 Å². The van der Waals surface area contributed by atoms with E-state index in [0.717, 1.165) is 4.47 Å². The Kier molecular flexibility index (Phi) is 5.98. The zero-order chi connectivity index (χ0) is 15.1. The molecule has 1 aromatic carbocycles. The number of primary amides is 1. The molecule has 0 heterocycles. The number of nitrogens with two attached hydrogens (primary N) is 1. The Balaban J connectivity index is 2.55. The first-order valence-electron chi connectivity index (χ1n) is 5.72. The number of carbonyl (C=O) groups excluding carboxylic acids is 2. The smallest absolute Gasteiger partial charge is 0.326 e. The van der Waals surface area contributed by atoms with Crippen molar-refractivity contribution in [3.8, 4) is 0 Å². The van der Waals surface area contributed by atoms with Gasteiger partial charge in [-0.15, -0.1) is 0 Å². The van der Waals surface area contributed by atoms with Crippen LogP contribution in [-0.4, -0.2) is 29.1 Å². The number of hydrogen-bond donors (Lipinski definition) is 4. The fourth-order valence-electron chi connectivity index (χ4n) is 1.40. The summed E-state index contributed by atoms with van der Waals surface area (Å²) in [5, 5.41) is 13.7. The van der Waals surface area contributed by atoms with Crippen LogP contribution < -0.4 is 16.4 Å². The van der Waals surface area contributed by atoms with E-state index in [1.165, 1.54) is 0 Å². The van der Waals surface area contributed by atoms with E-state index in [0.29, 0.717) is 5.69 Å². The third kappa shape index (κ3) is 5.70. The van der Waals surface area contributed by atoms with Crippen LogP contribution in [0.4, 0.5) is 10.5 Å². The summed E-state index contributed by atoms with van der Waals surface area (Å²) in [7, 11) is 0. The Hall–Kier alpha value is -2.09. The van der Waals surface area contributed by atoms with E-state index < -0.39 is 23.9 Å². The van der Waals surface area contributed by atoms with Gasteiger partial charge in [-0.25, -0.2) is 9.59 Å². The van der Waals surface area contributed by atoms with E-state index in [1.54, 1.807) is 24.3 Å². The van der Waals surface area contributed by atoms with Gasteiger partial charge in [-0.1, -0.05) is 15.9 Å². The molecule has 0 aromatic heterocycles. The van der Waals surface area contributed by atoms with Crippen LogP contribution in [0.3, 0.4) is 0 Å². The molecule has 0 aliphatic heterocycles. The first-order valence-corrected chi connectivity index (χ1v) is 6.52. The number of amides is 3. The number of benzene rings is 1. The van der Waals surface area contributed by atoms with Crippen LogP contribution in [0.5, 0.6) is 0 Å². The standard InChI is InChI=1S/C12H14BrN3O4/c13-7-1-3-8(4-2-7)15-12(20)16-9(11(18)19)5-6-10(14)17/h1-4,9H,5-6H2,(H2,14,17)(H,18,19)(H2,15,16,20)/t9-/m1/s1. The Bertz CT molecular complexity index is 504. The number of urea groups is 1. The lowest BCUT2D eigenvalue weighted by Crippen LogP contribution is -2.43. The fraction of sp³-hybridized carbons (Fsp3) is 0.250. The van der Waals surface area contributed by atoms with Gasteiger partial charge in [-0.2, -0.15) is 0 Å². The third-order valence-corrected chi connectivity index (χ3v) is 2.91. The number of carboxylic acids is 1. The molecule has 1 rings (SSSR count). The van der Waals surface area contributed by atoms with E-state index in [1.807, 2.05) is 0 Å². The summed E-state index contributed by atoms with van der Waals surface area (Å²) in [5.41, 5.74) is 5.46. The van der Waals surface area contributed by atoms with Crippen molar-refractivity contribution in [3.63, 3.8) is 0 Å². The molecule has 1 aromatic rings. The lowest BCUT2D eigenvalue weighted by Gasteiger charge is -2.14. The van der Waals surface area contributed by atoms with Crippen LogP contribution in [-0.2, 0) is 9.59 Å². The van der Waals surface area contributed by atoms with Gasteiger partial charge in [0.25, 0.3) is 0 Å². The highest BCUT2D eigenvalue weighted by Crippen LogP contribution is 2.13. The van der Waals surface area contributed by atoms with Gasteiger partial charge in [0.15, 0.2) is 0 Å². The SMILES string of the molecule is NC(=O)CC[C@@H](NC(=O)Nc1ccc(Br)cc1)C(=O)O. The summed E-state index contributed by atoms with van der Waals surface area (Å²) in [6, 6.07) is 4.95. The number of carbonyl (C=O) groups is 3. The second kappa shape index (κ2) is 7.49. The second-order valence-corrected chi connectivity index (χ2v) is 4.92. The summed E-state index contributed by atoms with van der Waals surface area (Å²) in [5.74, 6) is -1.84. The Morgan fingerprint density at radius 1 is 1.25 bits per heavy atom. The maximum atomic E-state index is 11.6. The normalized spacial score (nSPS) is 11.4. The first-order chi connectivity index (χ1) is 9.38. The molecule has 0 saturated carbocycles. The first kappa shape index (κ1) is 16.0. The number of nitrogens with one attached hydrogen (secondary N) is 2. The molecule has 0 aliphatic rings. The minimum Gasteiger partial charge on any atom is -0.480 e. The monoisotopic (exact) mass is 343 g/mol. The molecule has 0 fully saturated rings. The average molecular weight is 344 g/mol. The molecule has 1 atom stereocenters. The van der Waals surface area contributed by atoms with Crippen molar-refractivity contribution in [2.75, 3.05) is 5.32 Å². The number of carboxylic acid groups (broad SMARTS) is 1. The van der Waals surface area contributed by atoms with Crippen LogP contribution in [0.25, 0.3) is 0 Å². The zero-order valence-corrected chi connectivity index (χ0v) is 12.0. The summed E-state index contributed by atoms with van der Waals surface area (Å²) in [6.07, 6.45) is -0.173. The quantitative estimate of drug-likeness (QED) is 0.621. The van der Waals surface area contributed by atoms with Gasteiger partial charge in [0.1, 0.15) is 6.04 Å². The molecule has 0 saturated heterocycles. The van der Waals surface area contributed by atoms with E-state index >= 15 is 0 Å². The maximum absolute atomic E-state index is 11.6. The summed E-state index contributed by atoms with van der Waals surface area (Å²) in [6.45, 7) is 0.